The summed E-state index contributed by atoms with van der Waals surface area (Å²) in [5, 5.41) is 2.89. The van der Waals surface area contributed by atoms with Gasteiger partial charge in [0.05, 0.1) is 25.3 Å². The fraction of sp³-hybridized carbons (Fsp3) is 0.400. The van der Waals surface area contributed by atoms with E-state index in [1.165, 1.54) is 19.3 Å². The Balaban J connectivity index is 1.38. The molecule has 1 aliphatic heterocycles. The van der Waals surface area contributed by atoms with Gasteiger partial charge in [0, 0.05) is 36.4 Å². The number of hydrogen-bond acceptors (Lipinski definition) is 5. The summed E-state index contributed by atoms with van der Waals surface area (Å²) in [6.07, 6.45) is 5.77. The van der Waals surface area contributed by atoms with Crippen LogP contribution < -0.4 is 14.8 Å². The Morgan fingerprint density at radius 2 is 1.79 bits per heavy atom. The Bertz CT molecular complexity index is 1210. The molecule has 2 amide bonds. The molecule has 0 saturated heterocycles. The first kappa shape index (κ1) is 21.3. The van der Waals surface area contributed by atoms with Crippen LogP contribution in [0.25, 0.3) is 11.0 Å². The molecular formula is C25H28N4O4. The normalized spacial score (nSPS) is 16.5. The zero-order valence-electron chi connectivity index (χ0n) is 19.0. The lowest BCUT2D eigenvalue weighted by Gasteiger charge is -2.36. The number of fused-ring (bicyclic) bond motifs is 3. The molecule has 1 fully saturated rings. The molecule has 33 heavy (non-hydrogen) atoms. The van der Waals surface area contributed by atoms with Crippen molar-refractivity contribution in [3.05, 3.63) is 47.8 Å². The van der Waals surface area contributed by atoms with Gasteiger partial charge in [-0.2, -0.15) is 0 Å². The van der Waals surface area contributed by atoms with Crippen LogP contribution >= 0.6 is 0 Å². The van der Waals surface area contributed by atoms with Crippen molar-refractivity contribution in [2.75, 3.05) is 26.1 Å². The number of nitrogens with zero attached hydrogens (tertiary/aromatic N) is 3. The maximum Gasteiger partial charge on any atom is 0.290 e. The molecule has 0 atom stereocenters. The number of ether oxygens (including phenoxy) is 2. The van der Waals surface area contributed by atoms with E-state index in [0.29, 0.717) is 46.7 Å². The maximum absolute atomic E-state index is 13.2. The Labute approximate surface area is 192 Å². The van der Waals surface area contributed by atoms with Gasteiger partial charge in [-0.15, -0.1) is 0 Å². The topological polar surface area (TPSA) is 85.7 Å². The van der Waals surface area contributed by atoms with Gasteiger partial charge in [-0.3, -0.25) is 9.59 Å². The number of imidazole rings is 1. The molecule has 172 valence electrons. The average Bonchev–Trinajstić information content (AvgIpc) is 3.23. The van der Waals surface area contributed by atoms with E-state index in [1.54, 1.807) is 44.6 Å². The lowest BCUT2D eigenvalue weighted by atomic mass is 9.94. The molecular weight excluding hydrogens is 420 g/mol. The Morgan fingerprint density at radius 1 is 1.00 bits per heavy atom. The van der Waals surface area contributed by atoms with Crippen LogP contribution in [0.15, 0.2) is 36.4 Å². The summed E-state index contributed by atoms with van der Waals surface area (Å²) < 4.78 is 12.5. The van der Waals surface area contributed by atoms with Crippen molar-refractivity contribution in [1.29, 1.82) is 0 Å². The zero-order chi connectivity index (χ0) is 22.9. The van der Waals surface area contributed by atoms with E-state index >= 15 is 0 Å². The lowest BCUT2D eigenvalue weighted by Crippen LogP contribution is -2.47. The molecule has 2 heterocycles. The third kappa shape index (κ3) is 3.90. The van der Waals surface area contributed by atoms with Crippen LogP contribution in [-0.4, -0.2) is 53.1 Å². The predicted molar refractivity (Wildman–Crippen MR) is 125 cm³/mol. The number of amides is 2. The van der Waals surface area contributed by atoms with Crippen LogP contribution in [0.3, 0.4) is 0 Å². The number of anilines is 1. The molecule has 2 aromatic carbocycles. The predicted octanol–water partition coefficient (Wildman–Crippen LogP) is 4.09. The molecule has 1 saturated carbocycles. The number of carbonyl (C=O) groups excluding carboxylic acids is 2. The van der Waals surface area contributed by atoms with Crippen LogP contribution in [0, 0.1) is 0 Å². The van der Waals surface area contributed by atoms with Gasteiger partial charge in [0.25, 0.3) is 11.8 Å². The van der Waals surface area contributed by atoms with Crippen LogP contribution in [0.5, 0.6) is 11.5 Å². The summed E-state index contributed by atoms with van der Waals surface area (Å²) in [6.45, 7) is 1.44. The quantitative estimate of drug-likeness (QED) is 0.635. The number of rotatable bonds is 5. The molecule has 5 rings (SSSR count). The molecule has 1 N–H and O–H groups in total. The molecule has 1 aliphatic carbocycles. The minimum atomic E-state index is -0.259. The highest BCUT2D eigenvalue weighted by Gasteiger charge is 2.33. The highest BCUT2D eigenvalue weighted by Crippen LogP contribution is 2.31. The van der Waals surface area contributed by atoms with Crippen molar-refractivity contribution in [1.82, 2.24) is 14.5 Å². The lowest BCUT2D eigenvalue weighted by molar-refractivity contribution is 0.0566. The van der Waals surface area contributed by atoms with Crippen molar-refractivity contribution in [2.45, 2.75) is 44.7 Å². The fourth-order valence-corrected chi connectivity index (χ4v) is 4.96. The Hall–Kier alpha value is -3.55. The van der Waals surface area contributed by atoms with Gasteiger partial charge in [0.2, 0.25) is 0 Å². The molecule has 0 bridgehead atoms. The van der Waals surface area contributed by atoms with E-state index in [4.69, 9.17) is 9.47 Å². The number of methoxy groups -OCH3 is 2. The summed E-state index contributed by atoms with van der Waals surface area (Å²) in [6, 6.07) is 10.9. The molecule has 8 nitrogen and oxygen atoms in total. The van der Waals surface area contributed by atoms with Gasteiger partial charge in [0.15, 0.2) is 17.3 Å². The second kappa shape index (κ2) is 8.77. The smallest absolute Gasteiger partial charge is 0.290 e. The molecule has 0 unspecified atom stereocenters. The monoisotopic (exact) mass is 448 g/mol. The van der Waals surface area contributed by atoms with Gasteiger partial charge in [0.1, 0.15) is 0 Å². The van der Waals surface area contributed by atoms with Crippen molar-refractivity contribution < 1.29 is 19.1 Å². The van der Waals surface area contributed by atoms with E-state index < -0.39 is 0 Å². The summed E-state index contributed by atoms with van der Waals surface area (Å²) in [7, 11) is 3.11. The van der Waals surface area contributed by atoms with E-state index in [9.17, 15) is 9.59 Å². The van der Waals surface area contributed by atoms with Gasteiger partial charge >= 0.3 is 0 Å². The van der Waals surface area contributed by atoms with E-state index in [2.05, 4.69) is 10.3 Å². The maximum atomic E-state index is 13.2. The molecule has 2 aliphatic rings. The van der Waals surface area contributed by atoms with Gasteiger partial charge in [-0.25, -0.2) is 4.98 Å². The van der Waals surface area contributed by atoms with E-state index in [-0.39, 0.29) is 11.8 Å². The highest BCUT2D eigenvalue weighted by molar-refractivity contribution is 6.06. The minimum Gasteiger partial charge on any atom is -0.493 e. The molecule has 3 aromatic rings. The molecule has 0 radical (unpaired) electrons. The third-order valence-corrected chi connectivity index (χ3v) is 6.68. The molecule has 8 heteroatoms. The van der Waals surface area contributed by atoms with Gasteiger partial charge in [-0.1, -0.05) is 19.3 Å². The van der Waals surface area contributed by atoms with Crippen LogP contribution in [0.1, 0.15) is 53.1 Å². The second-order valence-electron chi connectivity index (χ2n) is 8.60. The van der Waals surface area contributed by atoms with Crippen LogP contribution in [0.2, 0.25) is 0 Å². The minimum absolute atomic E-state index is 0.000629. The van der Waals surface area contributed by atoms with E-state index in [1.807, 2.05) is 15.5 Å². The van der Waals surface area contributed by atoms with Crippen molar-refractivity contribution in [3.8, 4) is 11.5 Å². The summed E-state index contributed by atoms with van der Waals surface area (Å²) in [5.74, 6) is 1.34. The number of hydrogen-bond donors (Lipinski definition) is 1. The van der Waals surface area contributed by atoms with Crippen molar-refractivity contribution in [2.24, 2.45) is 0 Å². The van der Waals surface area contributed by atoms with E-state index in [0.717, 1.165) is 24.9 Å². The third-order valence-electron chi connectivity index (χ3n) is 6.68. The molecule has 0 spiro atoms. The molecule has 1 aromatic heterocycles. The highest BCUT2D eigenvalue weighted by atomic mass is 16.5. The van der Waals surface area contributed by atoms with Crippen LogP contribution in [0.4, 0.5) is 5.69 Å². The zero-order valence-corrected chi connectivity index (χ0v) is 19.0. The van der Waals surface area contributed by atoms with Crippen molar-refractivity contribution >= 4 is 28.5 Å². The second-order valence-corrected chi connectivity index (χ2v) is 8.60. The number of aromatic nitrogens is 2. The van der Waals surface area contributed by atoms with Crippen molar-refractivity contribution in [3.63, 3.8) is 0 Å². The van der Waals surface area contributed by atoms with Gasteiger partial charge in [-0.05, 0) is 43.2 Å². The summed E-state index contributed by atoms with van der Waals surface area (Å²) >= 11 is 0. The largest absolute Gasteiger partial charge is 0.493 e. The first-order valence-corrected chi connectivity index (χ1v) is 11.4. The summed E-state index contributed by atoms with van der Waals surface area (Å²) in [4.78, 5) is 32.7. The summed E-state index contributed by atoms with van der Waals surface area (Å²) in [5.41, 5.74) is 2.61. The first-order valence-electron chi connectivity index (χ1n) is 11.4. The van der Waals surface area contributed by atoms with Gasteiger partial charge < -0.3 is 24.3 Å². The SMILES string of the molecule is COc1ccc(NC(=O)c2ccc3c(c2)nc2n3CCN(C3CCCCC3)C2=O)cc1OC. The fourth-order valence-electron chi connectivity index (χ4n) is 4.96. The Kier molecular flexibility index (Phi) is 5.66. The number of nitrogens with one attached hydrogen (secondary N) is 1. The number of carbonyl (C=O) groups is 2. The standard InChI is InChI=1S/C25H28N4O4/c1-32-21-11-9-17(15-22(21)33-2)26-24(30)16-8-10-20-19(14-16)27-23-25(31)28(12-13-29(20)23)18-6-4-3-5-7-18/h8-11,14-15,18H,3-7,12-13H2,1-2H3,(H,26,30). The average molecular weight is 449 g/mol. The first-order chi connectivity index (χ1) is 16.1. The number of benzene rings is 2. The Morgan fingerprint density at radius 3 is 2.55 bits per heavy atom. The van der Waals surface area contributed by atoms with Crippen LogP contribution in [-0.2, 0) is 6.54 Å².